The summed E-state index contributed by atoms with van der Waals surface area (Å²) in [6.07, 6.45) is 0. The van der Waals surface area contributed by atoms with E-state index in [1.54, 1.807) is 0 Å². The first-order valence-corrected chi connectivity index (χ1v) is 8.91. The molecule has 0 aromatic heterocycles. The molecule has 120 valence electrons. The molecule has 0 amide bonds. The molecule has 3 rings (SSSR count). The molecule has 0 radical (unpaired) electrons. The molecule has 0 bridgehead atoms. The predicted molar refractivity (Wildman–Crippen MR) is 106 cm³/mol. The van der Waals surface area contributed by atoms with Crippen LogP contribution in [0.5, 0.6) is 0 Å². The molecule has 1 nitrogen and oxygen atoms in total. The molecule has 2 heteroatoms. The van der Waals surface area contributed by atoms with Crippen molar-refractivity contribution in [2.75, 3.05) is 0 Å². The minimum Gasteiger partial charge on any atom is -0.400 e. The Kier molecular flexibility index (Phi) is 5.49. The Balaban J connectivity index is 2.08. The number of hydrogen-bond acceptors (Lipinski definition) is 1. The fourth-order valence-electron chi connectivity index (χ4n) is 2.43. The Morgan fingerprint density at radius 1 is 0.600 bits per heavy atom. The number of benzene rings is 3. The molecule has 0 N–H and O–H groups in total. The van der Waals surface area contributed by atoms with Crippen LogP contribution in [0.25, 0.3) is 0 Å². The van der Waals surface area contributed by atoms with Crippen LogP contribution < -0.4 is 0 Å². The van der Waals surface area contributed by atoms with Crippen molar-refractivity contribution in [3.8, 4) is 23.7 Å². The van der Waals surface area contributed by atoms with Gasteiger partial charge in [-0.25, -0.2) is 0 Å². The second-order valence-electron chi connectivity index (χ2n) is 5.48. The van der Waals surface area contributed by atoms with Crippen LogP contribution in [0.1, 0.15) is 16.7 Å². The predicted octanol–water partition coefficient (Wildman–Crippen LogP) is 3.28. The number of rotatable bonds is 2. The zero-order valence-electron chi connectivity index (χ0n) is 14.1. The van der Waals surface area contributed by atoms with Crippen LogP contribution in [0.4, 0.5) is 0 Å². The fraction of sp³-hybridized carbons (Fsp3) is 0.0435. The van der Waals surface area contributed by atoms with Crippen molar-refractivity contribution in [2.24, 2.45) is 0 Å². The first kappa shape index (κ1) is 16.8. The van der Waals surface area contributed by atoms with Gasteiger partial charge in [-0.05, 0) is 36.1 Å². The van der Waals surface area contributed by atoms with Gasteiger partial charge in [0.05, 0.1) is 0 Å². The molecular weight excluding hydrogens is 320 g/mol. The van der Waals surface area contributed by atoms with Gasteiger partial charge in [-0.1, -0.05) is 78.6 Å². The van der Waals surface area contributed by atoms with Gasteiger partial charge in [0, 0.05) is 16.7 Å². The van der Waals surface area contributed by atoms with E-state index in [9.17, 15) is 0 Å². The summed E-state index contributed by atoms with van der Waals surface area (Å²) in [4.78, 5) is 0. The SMILES string of the molecule is [SiH3]OC(C#Cc1ccccc1)(C#Cc1ccccc1)c1ccccc1. The molecule has 0 saturated carbocycles. The fourth-order valence-corrected chi connectivity index (χ4v) is 2.87. The third-order valence-corrected chi connectivity index (χ3v) is 4.41. The zero-order chi connectivity index (χ0) is 17.4. The molecule has 0 spiro atoms. The van der Waals surface area contributed by atoms with Gasteiger partial charge in [-0.2, -0.15) is 0 Å². The Morgan fingerprint density at radius 2 is 1.00 bits per heavy atom. The van der Waals surface area contributed by atoms with Crippen molar-refractivity contribution in [3.63, 3.8) is 0 Å². The van der Waals surface area contributed by atoms with E-state index in [4.69, 9.17) is 4.43 Å². The van der Waals surface area contributed by atoms with Gasteiger partial charge in [0.15, 0.2) is 0 Å². The molecule has 3 aromatic carbocycles. The second kappa shape index (κ2) is 8.17. The summed E-state index contributed by atoms with van der Waals surface area (Å²) in [7, 11) is 0.529. The minimum atomic E-state index is -0.917. The monoisotopic (exact) mass is 338 g/mol. The molecule has 0 unspecified atom stereocenters. The lowest BCUT2D eigenvalue weighted by molar-refractivity contribution is 0.215. The van der Waals surface area contributed by atoms with Gasteiger partial charge >= 0.3 is 0 Å². The third kappa shape index (κ3) is 4.28. The minimum absolute atomic E-state index is 0.529. The summed E-state index contributed by atoms with van der Waals surface area (Å²) < 4.78 is 5.96. The van der Waals surface area contributed by atoms with Gasteiger partial charge in [0.2, 0.25) is 5.60 Å². The second-order valence-corrected chi connectivity index (χ2v) is 5.89. The summed E-state index contributed by atoms with van der Waals surface area (Å²) in [6, 6.07) is 29.8. The largest absolute Gasteiger partial charge is 0.400 e. The average molecular weight is 338 g/mol. The first-order valence-electron chi connectivity index (χ1n) is 8.09. The van der Waals surface area contributed by atoms with Crippen LogP contribution in [0, 0.1) is 23.7 Å². The van der Waals surface area contributed by atoms with Crippen molar-refractivity contribution >= 4 is 10.5 Å². The summed E-state index contributed by atoms with van der Waals surface area (Å²) in [5.74, 6) is 13.0. The van der Waals surface area contributed by atoms with Crippen molar-refractivity contribution < 1.29 is 4.43 Å². The highest BCUT2D eigenvalue weighted by Gasteiger charge is 2.26. The van der Waals surface area contributed by atoms with E-state index in [0.717, 1.165) is 16.7 Å². The summed E-state index contributed by atoms with van der Waals surface area (Å²) in [6.45, 7) is 0. The summed E-state index contributed by atoms with van der Waals surface area (Å²) >= 11 is 0. The van der Waals surface area contributed by atoms with E-state index in [-0.39, 0.29) is 0 Å². The lowest BCUT2D eigenvalue weighted by Crippen LogP contribution is -2.25. The molecule has 3 aromatic rings. The molecular formula is C23H18OSi. The molecule has 0 aliphatic heterocycles. The van der Waals surface area contributed by atoms with Gasteiger partial charge in [0.25, 0.3) is 0 Å². The third-order valence-electron chi connectivity index (χ3n) is 3.80. The van der Waals surface area contributed by atoms with Crippen molar-refractivity contribution in [2.45, 2.75) is 5.60 Å². The first-order chi connectivity index (χ1) is 12.3. The molecule has 0 saturated heterocycles. The Morgan fingerprint density at radius 3 is 1.40 bits per heavy atom. The molecule has 0 atom stereocenters. The molecule has 0 fully saturated rings. The van der Waals surface area contributed by atoms with E-state index >= 15 is 0 Å². The standard InChI is InChI=1S/C23H18OSi/c25-24-23(22-14-8-3-9-15-22,18-16-20-10-4-1-5-11-20)19-17-21-12-6-2-7-13-21/h1-15H,25H3. The van der Waals surface area contributed by atoms with E-state index in [2.05, 4.69) is 23.7 Å². The van der Waals surface area contributed by atoms with E-state index < -0.39 is 5.60 Å². The van der Waals surface area contributed by atoms with Crippen LogP contribution in [0.15, 0.2) is 91.0 Å². The van der Waals surface area contributed by atoms with Crippen LogP contribution in [0.2, 0.25) is 0 Å². The van der Waals surface area contributed by atoms with Gasteiger partial charge in [0.1, 0.15) is 10.5 Å². The Labute approximate surface area is 152 Å². The maximum Gasteiger partial charge on any atom is 0.207 e. The average Bonchev–Trinajstić information content (AvgIpc) is 2.71. The van der Waals surface area contributed by atoms with E-state index in [0.29, 0.717) is 10.5 Å². The van der Waals surface area contributed by atoms with Gasteiger partial charge in [-0.15, -0.1) is 0 Å². The highest BCUT2D eigenvalue weighted by molar-refractivity contribution is 5.99. The molecule has 0 aliphatic carbocycles. The van der Waals surface area contributed by atoms with Crippen molar-refractivity contribution in [1.82, 2.24) is 0 Å². The zero-order valence-corrected chi connectivity index (χ0v) is 16.1. The lowest BCUT2D eigenvalue weighted by atomic mass is 9.94. The summed E-state index contributed by atoms with van der Waals surface area (Å²) in [5, 5.41) is 0. The Hall–Kier alpha value is -3.04. The number of hydrogen-bond donors (Lipinski definition) is 0. The highest BCUT2D eigenvalue weighted by atomic mass is 28.2. The smallest absolute Gasteiger partial charge is 0.207 e. The van der Waals surface area contributed by atoms with Crippen molar-refractivity contribution in [3.05, 3.63) is 108 Å². The van der Waals surface area contributed by atoms with Gasteiger partial charge < -0.3 is 4.43 Å². The maximum absolute atomic E-state index is 5.96. The highest BCUT2D eigenvalue weighted by Crippen LogP contribution is 2.24. The van der Waals surface area contributed by atoms with Crippen LogP contribution >= 0.6 is 0 Å². The normalized spacial score (nSPS) is 10.2. The summed E-state index contributed by atoms with van der Waals surface area (Å²) in [5.41, 5.74) is 1.93. The van der Waals surface area contributed by atoms with Gasteiger partial charge in [-0.3, -0.25) is 0 Å². The van der Waals surface area contributed by atoms with Crippen LogP contribution in [-0.4, -0.2) is 10.5 Å². The van der Waals surface area contributed by atoms with Crippen molar-refractivity contribution in [1.29, 1.82) is 0 Å². The maximum atomic E-state index is 5.96. The van der Waals surface area contributed by atoms with Crippen LogP contribution in [0.3, 0.4) is 0 Å². The lowest BCUT2D eigenvalue weighted by Gasteiger charge is -2.22. The van der Waals surface area contributed by atoms with E-state index in [1.807, 2.05) is 91.0 Å². The molecule has 0 aliphatic rings. The molecule has 25 heavy (non-hydrogen) atoms. The molecule has 0 heterocycles. The quantitative estimate of drug-likeness (QED) is 0.515. The van der Waals surface area contributed by atoms with E-state index in [1.165, 1.54) is 0 Å². The van der Waals surface area contributed by atoms with Crippen LogP contribution in [-0.2, 0) is 10.0 Å². The Bertz CT molecular complexity index is 869. The topological polar surface area (TPSA) is 9.23 Å².